The van der Waals surface area contributed by atoms with Crippen molar-refractivity contribution in [3.8, 4) is 0 Å². The first-order valence-electron chi connectivity index (χ1n) is 6.92. The highest BCUT2D eigenvalue weighted by atomic mass is 32.2. The third kappa shape index (κ3) is 3.04. The molecule has 4 amide bonds. The van der Waals surface area contributed by atoms with E-state index in [0.717, 1.165) is 4.90 Å². The monoisotopic (exact) mass is 340 g/mol. The molecular weight excluding hydrogens is 328 g/mol. The topological polar surface area (TPSA) is 92.3 Å². The zero-order valence-electron chi connectivity index (χ0n) is 12.6. The van der Waals surface area contributed by atoms with Crippen molar-refractivity contribution >= 4 is 41.4 Å². The molecule has 1 fully saturated rings. The summed E-state index contributed by atoms with van der Waals surface area (Å²) in [4.78, 5) is 45.7. The number of carbonyl (C=O) groups excluding carboxylic acids is 3. The lowest BCUT2D eigenvalue weighted by atomic mass is 10.1. The number of rotatable bonds is 3. The summed E-state index contributed by atoms with van der Waals surface area (Å²) >= 11 is 1.38. The van der Waals surface area contributed by atoms with Gasteiger partial charge in [-0.05, 0) is 24.5 Å². The highest BCUT2D eigenvalue weighted by molar-refractivity contribution is 7.98. The molecule has 0 radical (unpaired) electrons. The number of thioether (sulfide) groups is 1. The van der Waals surface area contributed by atoms with Gasteiger partial charge in [0.25, 0.3) is 11.8 Å². The Hall–Kier alpha value is -3.00. The molecule has 120 valence electrons. The Bertz CT molecular complexity index is 834. The van der Waals surface area contributed by atoms with E-state index in [2.05, 4.69) is 15.3 Å². The van der Waals surface area contributed by atoms with Crippen molar-refractivity contribution in [2.24, 2.45) is 0 Å². The van der Waals surface area contributed by atoms with Crippen LogP contribution < -0.4 is 10.2 Å². The van der Waals surface area contributed by atoms with Crippen molar-refractivity contribution in [2.45, 2.75) is 5.16 Å². The number of hydrogen-bond acceptors (Lipinski definition) is 6. The third-order valence-corrected chi connectivity index (χ3v) is 3.83. The zero-order valence-corrected chi connectivity index (χ0v) is 13.4. The van der Waals surface area contributed by atoms with E-state index < -0.39 is 17.8 Å². The van der Waals surface area contributed by atoms with Crippen molar-refractivity contribution in [1.29, 1.82) is 0 Å². The number of urea groups is 1. The summed E-state index contributed by atoms with van der Waals surface area (Å²) in [6.07, 6.45) is 6.23. The van der Waals surface area contributed by atoms with E-state index in [0.29, 0.717) is 16.4 Å². The second-order valence-corrected chi connectivity index (χ2v) is 5.57. The van der Waals surface area contributed by atoms with Gasteiger partial charge in [-0.2, -0.15) is 0 Å². The lowest BCUT2D eigenvalue weighted by molar-refractivity contribution is -0.122. The van der Waals surface area contributed by atoms with Gasteiger partial charge in [0.2, 0.25) is 0 Å². The van der Waals surface area contributed by atoms with Crippen molar-refractivity contribution in [3.05, 3.63) is 53.9 Å². The Kier molecular flexibility index (Phi) is 4.39. The minimum Gasteiger partial charge on any atom is -0.273 e. The van der Waals surface area contributed by atoms with Crippen LogP contribution in [0.4, 0.5) is 10.5 Å². The number of barbiturate groups is 1. The van der Waals surface area contributed by atoms with Crippen LogP contribution in [-0.4, -0.2) is 34.1 Å². The van der Waals surface area contributed by atoms with Crippen molar-refractivity contribution in [2.75, 3.05) is 11.2 Å². The maximum Gasteiger partial charge on any atom is 0.335 e. The number of carbonyl (C=O) groups is 3. The molecule has 1 aromatic carbocycles. The number of hydrogen-bond donors (Lipinski definition) is 1. The van der Waals surface area contributed by atoms with Crippen LogP contribution in [0.3, 0.4) is 0 Å². The van der Waals surface area contributed by atoms with Gasteiger partial charge < -0.3 is 0 Å². The van der Waals surface area contributed by atoms with Crippen LogP contribution in [0.2, 0.25) is 0 Å². The summed E-state index contributed by atoms with van der Waals surface area (Å²) in [6.45, 7) is 0. The predicted molar refractivity (Wildman–Crippen MR) is 89.3 cm³/mol. The highest BCUT2D eigenvalue weighted by Crippen LogP contribution is 2.21. The predicted octanol–water partition coefficient (Wildman–Crippen LogP) is 1.86. The van der Waals surface area contributed by atoms with E-state index in [4.69, 9.17) is 0 Å². The number of imide groups is 2. The molecule has 0 saturated carbocycles. The quantitative estimate of drug-likeness (QED) is 0.397. The Morgan fingerprint density at radius 1 is 1.08 bits per heavy atom. The molecule has 1 N–H and O–H groups in total. The molecular formula is C16H12N4O3S. The molecule has 2 heterocycles. The van der Waals surface area contributed by atoms with Gasteiger partial charge >= 0.3 is 6.03 Å². The molecule has 1 aliphatic rings. The van der Waals surface area contributed by atoms with Crippen LogP contribution in [0, 0.1) is 0 Å². The summed E-state index contributed by atoms with van der Waals surface area (Å²) in [7, 11) is 0. The number of para-hydroxylation sites is 1. The molecule has 0 bridgehead atoms. The Labute approximate surface area is 141 Å². The molecule has 7 nitrogen and oxygen atoms in total. The van der Waals surface area contributed by atoms with Crippen LogP contribution in [0.5, 0.6) is 0 Å². The Balaban J connectivity index is 1.97. The standard InChI is InChI=1S/C16H12N4O3S/c1-24-15-17-8-10(9-18-15)7-12-13(21)19-16(23)20(14(12)22)11-5-3-2-4-6-11/h2-9H,1H3,(H,19,21,23)/b12-7-. The number of benzene rings is 1. The highest BCUT2D eigenvalue weighted by Gasteiger charge is 2.36. The fourth-order valence-electron chi connectivity index (χ4n) is 2.14. The molecule has 0 aliphatic carbocycles. The maximum absolute atomic E-state index is 12.6. The molecule has 0 atom stereocenters. The fraction of sp³-hybridized carbons (Fsp3) is 0.0625. The minimum absolute atomic E-state index is 0.154. The van der Waals surface area contributed by atoms with Gasteiger partial charge in [-0.15, -0.1) is 0 Å². The first kappa shape index (κ1) is 15.9. The zero-order chi connectivity index (χ0) is 17.1. The average molecular weight is 340 g/mol. The van der Waals surface area contributed by atoms with Gasteiger partial charge in [0.05, 0.1) is 5.69 Å². The van der Waals surface area contributed by atoms with Crippen LogP contribution in [0.1, 0.15) is 5.56 Å². The molecule has 1 aromatic heterocycles. The number of nitrogens with one attached hydrogen (secondary N) is 1. The summed E-state index contributed by atoms with van der Waals surface area (Å²) in [6, 6.07) is 7.61. The molecule has 0 spiro atoms. The lowest BCUT2D eigenvalue weighted by Gasteiger charge is -2.26. The number of nitrogens with zero attached hydrogens (tertiary/aromatic N) is 3. The fourth-order valence-corrected chi connectivity index (χ4v) is 2.46. The molecule has 1 aliphatic heterocycles. The first-order valence-corrected chi connectivity index (χ1v) is 8.15. The van der Waals surface area contributed by atoms with Gasteiger partial charge in [0.1, 0.15) is 5.57 Å². The molecule has 2 aromatic rings. The SMILES string of the molecule is CSc1ncc(/C=C2/C(=O)NC(=O)N(c3ccccc3)C2=O)cn1. The number of amides is 4. The lowest BCUT2D eigenvalue weighted by Crippen LogP contribution is -2.54. The summed E-state index contributed by atoms with van der Waals surface area (Å²) in [5.41, 5.74) is 0.722. The van der Waals surface area contributed by atoms with Crippen molar-refractivity contribution < 1.29 is 14.4 Å². The van der Waals surface area contributed by atoms with E-state index >= 15 is 0 Å². The van der Waals surface area contributed by atoms with Crippen molar-refractivity contribution in [3.63, 3.8) is 0 Å². The Morgan fingerprint density at radius 3 is 2.38 bits per heavy atom. The van der Waals surface area contributed by atoms with Gasteiger partial charge in [-0.25, -0.2) is 19.7 Å². The van der Waals surface area contributed by atoms with Gasteiger partial charge in [-0.1, -0.05) is 30.0 Å². The second kappa shape index (κ2) is 6.63. The molecule has 3 rings (SSSR count). The second-order valence-electron chi connectivity index (χ2n) is 4.80. The molecule has 8 heteroatoms. The largest absolute Gasteiger partial charge is 0.335 e. The molecule has 24 heavy (non-hydrogen) atoms. The number of anilines is 1. The smallest absolute Gasteiger partial charge is 0.273 e. The normalized spacial score (nSPS) is 16.5. The van der Waals surface area contributed by atoms with Gasteiger partial charge in [-0.3, -0.25) is 14.9 Å². The van der Waals surface area contributed by atoms with E-state index in [9.17, 15) is 14.4 Å². The van der Waals surface area contributed by atoms with Crippen LogP contribution in [0.25, 0.3) is 6.08 Å². The van der Waals surface area contributed by atoms with E-state index in [1.54, 1.807) is 30.3 Å². The van der Waals surface area contributed by atoms with Crippen LogP contribution >= 0.6 is 11.8 Å². The third-order valence-electron chi connectivity index (χ3n) is 3.26. The van der Waals surface area contributed by atoms with Crippen LogP contribution in [0.15, 0.2) is 53.5 Å². The van der Waals surface area contributed by atoms with E-state index in [-0.39, 0.29) is 5.57 Å². The molecule has 1 saturated heterocycles. The summed E-state index contributed by atoms with van der Waals surface area (Å²) in [5.74, 6) is -1.44. The van der Waals surface area contributed by atoms with Crippen LogP contribution in [-0.2, 0) is 9.59 Å². The van der Waals surface area contributed by atoms with Gasteiger partial charge in [0, 0.05) is 18.0 Å². The summed E-state index contributed by atoms with van der Waals surface area (Å²) < 4.78 is 0. The Morgan fingerprint density at radius 2 is 1.75 bits per heavy atom. The number of aromatic nitrogens is 2. The van der Waals surface area contributed by atoms with E-state index in [1.807, 2.05) is 6.26 Å². The minimum atomic E-state index is -0.776. The van der Waals surface area contributed by atoms with Gasteiger partial charge in [0.15, 0.2) is 5.16 Å². The van der Waals surface area contributed by atoms with E-state index in [1.165, 1.54) is 30.2 Å². The van der Waals surface area contributed by atoms with Crippen molar-refractivity contribution in [1.82, 2.24) is 15.3 Å². The summed E-state index contributed by atoms with van der Waals surface area (Å²) in [5, 5.41) is 2.75. The molecule has 0 unspecified atom stereocenters. The first-order chi connectivity index (χ1) is 11.6. The average Bonchev–Trinajstić information content (AvgIpc) is 2.60. The maximum atomic E-state index is 12.6.